The molecule has 0 fully saturated rings. The topological polar surface area (TPSA) is 46.2 Å². The largest absolute Gasteiger partial charge is 0.505 e. The molecule has 0 spiro atoms. The summed E-state index contributed by atoms with van der Waals surface area (Å²) in [5.41, 5.74) is 2.01. The van der Waals surface area contributed by atoms with Crippen LogP contribution in [0, 0.1) is 6.92 Å². The monoisotopic (exact) mass is 328 g/mol. The Bertz CT molecular complexity index is 447. The second-order valence-corrected chi connectivity index (χ2v) is 7.38. The first-order chi connectivity index (χ1) is 10.6. The molecule has 0 radical (unpaired) electrons. The van der Waals surface area contributed by atoms with Crippen molar-refractivity contribution in [2.45, 2.75) is 33.7 Å². The predicted molar refractivity (Wildman–Crippen MR) is 88.6 cm³/mol. The summed E-state index contributed by atoms with van der Waals surface area (Å²) in [6.07, 6.45) is 0. The van der Waals surface area contributed by atoms with E-state index >= 15 is 0 Å². The third-order valence-electron chi connectivity index (χ3n) is 3.30. The average Bonchev–Trinajstić information content (AvgIpc) is 2.49. The summed E-state index contributed by atoms with van der Waals surface area (Å²) in [4.78, 5) is 0. The number of hydrogen-bond donors (Lipinski definition) is 0. The summed E-state index contributed by atoms with van der Waals surface area (Å²) in [5, 5.41) is 0. The van der Waals surface area contributed by atoms with Crippen LogP contribution in [0.1, 0.15) is 31.9 Å². The molecule has 0 aliphatic rings. The maximum atomic E-state index is 5.92. The zero-order valence-corrected chi connectivity index (χ0v) is 15.5. The summed E-state index contributed by atoms with van der Waals surface area (Å²) < 4.78 is 28.7. The summed E-state index contributed by atoms with van der Waals surface area (Å²) in [6, 6.07) is 4.51. The molecule has 0 saturated carbocycles. The van der Waals surface area contributed by atoms with Crippen molar-refractivity contribution in [1.82, 2.24) is 0 Å². The zero-order chi connectivity index (χ0) is 16.6. The molecule has 0 unspecified atom stereocenters. The van der Waals surface area contributed by atoms with Gasteiger partial charge in [0.25, 0.3) is 0 Å². The number of benzene rings is 1. The molecule has 0 aliphatic carbocycles. The fourth-order valence-electron chi connectivity index (χ4n) is 2.42. The van der Waals surface area contributed by atoms with E-state index < -0.39 is 8.80 Å². The van der Waals surface area contributed by atoms with Gasteiger partial charge in [-0.25, -0.2) is 0 Å². The molecule has 0 saturated heterocycles. The Morgan fingerprint density at radius 2 is 1.32 bits per heavy atom. The van der Waals surface area contributed by atoms with Crippen LogP contribution in [0.2, 0.25) is 0 Å². The Labute approximate surface area is 134 Å². The van der Waals surface area contributed by atoms with Gasteiger partial charge in [0.2, 0.25) is 0 Å². The summed E-state index contributed by atoms with van der Waals surface area (Å²) in [7, 11) is 0.554. The molecule has 1 rings (SSSR count). The van der Waals surface area contributed by atoms with Gasteiger partial charge in [0.05, 0.1) is 14.2 Å². The van der Waals surface area contributed by atoms with Gasteiger partial charge in [0.15, 0.2) is 0 Å². The fraction of sp³-hybridized carbons (Fsp3) is 0.625. The van der Waals surface area contributed by atoms with E-state index in [-0.39, 0.29) is 0 Å². The smallest absolute Gasteiger partial charge is 0.496 e. The average molecular weight is 328 g/mol. The highest BCUT2D eigenvalue weighted by Gasteiger charge is 2.41. The van der Waals surface area contributed by atoms with Crippen molar-refractivity contribution in [2.24, 2.45) is 0 Å². The van der Waals surface area contributed by atoms with Crippen molar-refractivity contribution in [3.63, 3.8) is 0 Å². The van der Waals surface area contributed by atoms with Crippen LogP contribution in [-0.2, 0) is 19.3 Å². The van der Waals surface area contributed by atoms with Crippen molar-refractivity contribution >= 4 is 8.80 Å². The molecule has 22 heavy (non-hydrogen) atoms. The molecule has 0 atom stereocenters. The SMILES string of the molecule is CCO[Si](Cc1cc(OC)c(C)cc1OC)(OCC)OCC. The first-order valence-corrected chi connectivity index (χ1v) is 9.62. The van der Waals surface area contributed by atoms with Gasteiger partial charge < -0.3 is 22.8 Å². The highest BCUT2D eigenvalue weighted by atomic mass is 28.4. The first-order valence-electron chi connectivity index (χ1n) is 7.69. The number of aryl methyl sites for hydroxylation is 1. The molecule has 0 aromatic heterocycles. The Balaban J connectivity index is 3.20. The highest BCUT2D eigenvalue weighted by Crippen LogP contribution is 2.31. The minimum Gasteiger partial charge on any atom is -0.496 e. The second-order valence-electron chi connectivity index (χ2n) is 4.79. The standard InChI is InChI=1S/C16H28O5Si/c1-7-19-22(20-8-2,21-9-3)12-14-11-15(17-5)13(4)10-16(14)18-6/h10-11H,7-9,12H2,1-6H3. The normalized spacial score (nSPS) is 11.5. The van der Waals surface area contributed by atoms with Crippen LogP contribution < -0.4 is 9.47 Å². The molecule has 1 aromatic rings. The van der Waals surface area contributed by atoms with E-state index in [0.717, 1.165) is 22.6 Å². The lowest BCUT2D eigenvalue weighted by atomic mass is 10.1. The molecule has 1 aromatic carbocycles. The lowest BCUT2D eigenvalue weighted by Gasteiger charge is -2.29. The zero-order valence-electron chi connectivity index (χ0n) is 14.5. The van der Waals surface area contributed by atoms with E-state index in [0.29, 0.717) is 25.9 Å². The molecular weight excluding hydrogens is 300 g/mol. The van der Waals surface area contributed by atoms with Crippen LogP contribution in [0.5, 0.6) is 11.5 Å². The van der Waals surface area contributed by atoms with E-state index in [2.05, 4.69) is 0 Å². The van der Waals surface area contributed by atoms with E-state index in [1.807, 2.05) is 39.8 Å². The Kier molecular flexibility index (Phi) is 7.88. The quantitative estimate of drug-likeness (QED) is 0.618. The van der Waals surface area contributed by atoms with Gasteiger partial charge in [-0.05, 0) is 45.4 Å². The summed E-state index contributed by atoms with van der Waals surface area (Å²) in [6.45, 7) is 9.50. The third kappa shape index (κ3) is 4.71. The van der Waals surface area contributed by atoms with Crippen LogP contribution in [0.15, 0.2) is 12.1 Å². The number of hydrogen-bond acceptors (Lipinski definition) is 5. The highest BCUT2D eigenvalue weighted by molar-refractivity contribution is 6.60. The van der Waals surface area contributed by atoms with Gasteiger partial charge in [-0.2, -0.15) is 0 Å². The maximum absolute atomic E-state index is 5.92. The van der Waals surface area contributed by atoms with Gasteiger partial charge in [0.1, 0.15) is 11.5 Å². The number of ether oxygens (including phenoxy) is 2. The van der Waals surface area contributed by atoms with Crippen molar-refractivity contribution in [2.75, 3.05) is 34.0 Å². The van der Waals surface area contributed by atoms with Gasteiger partial charge >= 0.3 is 8.80 Å². The fourth-order valence-corrected chi connectivity index (χ4v) is 5.04. The van der Waals surface area contributed by atoms with E-state index in [1.165, 1.54) is 0 Å². The van der Waals surface area contributed by atoms with Crippen molar-refractivity contribution in [3.8, 4) is 11.5 Å². The summed E-state index contributed by atoms with van der Waals surface area (Å²) >= 11 is 0. The lowest BCUT2D eigenvalue weighted by Crippen LogP contribution is -2.48. The molecule has 5 nitrogen and oxygen atoms in total. The van der Waals surface area contributed by atoms with Crippen LogP contribution in [0.4, 0.5) is 0 Å². The van der Waals surface area contributed by atoms with E-state index in [9.17, 15) is 0 Å². The summed E-state index contributed by atoms with van der Waals surface area (Å²) in [5.74, 6) is 1.62. The Morgan fingerprint density at radius 1 is 0.818 bits per heavy atom. The molecule has 0 amide bonds. The maximum Gasteiger partial charge on any atom is 0.505 e. The molecule has 0 heterocycles. The van der Waals surface area contributed by atoms with E-state index in [1.54, 1.807) is 14.2 Å². The number of rotatable bonds is 10. The minimum absolute atomic E-state index is 0.553. The first kappa shape index (κ1) is 19.0. The molecule has 0 bridgehead atoms. The van der Waals surface area contributed by atoms with E-state index in [4.69, 9.17) is 22.8 Å². The molecule has 126 valence electrons. The Morgan fingerprint density at radius 3 is 1.73 bits per heavy atom. The second kappa shape index (κ2) is 9.15. The van der Waals surface area contributed by atoms with Crippen molar-refractivity contribution in [3.05, 3.63) is 23.3 Å². The van der Waals surface area contributed by atoms with Gasteiger partial charge in [-0.15, -0.1) is 0 Å². The van der Waals surface area contributed by atoms with Crippen LogP contribution in [0.3, 0.4) is 0 Å². The Hall–Kier alpha value is -1.08. The van der Waals surface area contributed by atoms with Crippen molar-refractivity contribution < 1.29 is 22.8 Å². The van der Waals surface area contributed by atoms with Gasteiger partial charge in [-0.1, -0.05) is 0 Å². The van der Waals surface area contributed by atoms with Gasteiger partial charge in [-0.3, -0.25) is 0 Å². The third-order valence-corrected chi connectivity index (χ3v) is 6.30. The number of methoxy groups -OCH3 is 2. The molecular formula is C16H28O5Si. The molecule has 0 aliphatic heterocycles. The lowest BCUT2D eigenvalue weighted by molar-refractivity contribution is 0.0702. The molecule has 6 heteroatoms. The van der Waals surface area contributed by atoms with Crippen LogP contribution in [-0.4, -0.2) is 42.8 Å². The molecule has 0 N–H and O–H groups in total. The predicted octanol–water partition coefficient (Wildman–Crippen LogP) is 3.14. The van der Waals surface area contributed by atoms with Gasteiger partial charge in [0, 0.05) is 31.4 Å². The van der Waals surface area contributed by atoms with Crippen LogP contribution >= 0.6 is 0 Å². The van der Waals surface area contributed by atoms with Crippen molar-refractivity contribution in [1.29, 1.82) is 0 Å². The van der Waals surface area contributed by atoms with Crippen LogP contribution in [0.25, 0.3) is 0 Å². The minimum atomic E-state index is -2.77.